The molecular formula is C35H52O4. The first-order valence-electron chi connectivity index (χ1n) is 15.3. The molecule has 0 aliphatic carbocycles. The van der Waals surface area contributed by atoms with Crippen molar-refractivity contribution in [3.05, 3.63) is 64.2 Å². The lowest BCUT2D eigenvalue weighted by Crippen LogP contribution is -2.30. The molecule has 0 aromatic heterocycles. The first-order chi connectivity index (χ1) is 18.6. The van der Waals surface area contributed by atoms with E-state index in [1.165, 1.54) is 41.5 Å². The van der Waals surface area contributed by atoms with E-state index in [9.17, 15) is 9.90 Å². The van der Waals surface area contributed by atoms with E-state index in [1.807, 2.05) is 0 Å². The summed E-state index contributed by atoms with van der Waals surface area (Å²) in [5, 5.41) is 11.0. The number of rotatable bonds is 15. The number of carbonyl (C=O) groups excluding carboxylic acids is 1. The van der Waals surface area contributed by atoms with Crippen LogP contribution in [0, 0.1) is 19.3 Å². The van der Waals surface area contributed by atoms with Gasteiger partial charge in [-0.15, -0.1) is 0 Å². The number of benzene rings is 2. The van der Waals surface area contributed by atoms with Gasteiger partial charge in [0.2, 0.25) is 0 Å². The number of cyclic esters (lactones) is 1. The van der Waals surface area contributed by atoms with E-state index in [-0.39, 0.29) is 29.0 Å². The Labute approximate surface area is 237 Å². The van der Waals surface area contributed by atoms with Crippen LogP contribution >= 0.6 is 0 Å². The van der Waals surface area contributed by atoms with Crippen LogP contribution in [0.5, 0.6) is 5.75 Å². The predicted octanol–water partition coefficient (Wildman–Crippen LogP) is 8.39. The Kier molecular flexibility index (Phi) is 11.1. The minimum absolute atomic E-state index is 0.0438. The molecule has 1 aliphatic heterocycles. The van der Waals surface area contributed by atoms with Gasteiger partial charge in [0.1, 0.15) is 18.5 Å². The molecule has 1 fully saturated rings. The molecule has 2 aromatic carbocycles. The van der Waals surface area contributed by atoms with Crippen molar-refractivity contribution < 1.29 is 19.4 Å². The fourth-order valence-corrected chi connectivity index (χ4v) is 6.18. The maximum Gasteiger partial charge on any atom is 0.306 e. The number of aliphatic hydroxyl groups is 1. The van der Waals surface area contributed by atoms with Crippen molar-refractivity contribution in [2.45, 2.75) is 130 Å². The summed E-state index contributed by atoms with van der Waals surface area (Å²) in [6.45, 7) is 15.9. The Morgan fingerprint density at radius 2 is 1.67 bits per heavy atom. The molecular weight excluding hydrogens is 484 g/mol. The largest absolute Gasteiger partial charge is 0.489 e. The topological polar surface area (TPSA) is 55.8 Å². The number of esters is 1. The number of carbonyl (C=O) groups is 1. The first kappa shape index (κ1) is 31.2. The second-order valence-corrected chi connectivity index (χ2v) is 12.4. The van der Waals surface area contributed by atoms with Gasteiger partial charge in [0.25, 0.3) is 0 Å². The standard InChI is InChI=1S/C35H52O4/c1-8-11-12-21-34(6,7)32(36)19-14-27-13-15-28(22-25(27)4)35(9-2,10-3)29-16-18-31(26(5)23-29)38-24-30-17-20-33(37)39-30/h13,15-16,18,22-23,30,32,36H,8-12,14,17,19-21,24H2,1-7H3/t30-,32?/m0/s1. The molecule has 3 rings (SSSR count). The number of unbranched alkanes of at least 4 members (excludes halogenated alkanes) is 2. The molecule has 1 unspecified atom stereocenters. The summed E-state index contributed by atoms with van der Waals surface area (Å²) in [5.74, 6) is 0.723. The molecule has 4 nitrogen and oxygen atoms in total. The van der Waals surface area contributed by atoms with E-state index < -0.39 is 0 Å². The molecule has 4 heteroatoms. The molecule has 1 heterocycles. The molecule has 0 spiro atoms. The van der Waals surface area contributed by atoms with Gasteiger partial charge in [-0.25, -0.2) is 0 Å². The van der Waals surface area contributed by atoms with Gasteiger partial charge in [-0.3, -0.25) is 4.79 Å². The van der Waals surface area contributed by atoms with Crippen LogP contribution in [-0.2, 0) is 21.4 Å². The van der Waals surface area contributed by atoms with E-state index in [1.54, 1.807) is 0 Å². The lowest BCUT2D eigenvalue weighted by atomic mass is 9.69. The zero-order chi connectivity index (χ0) is 28.6. The van der Waals surface area contributed by atoms with Crippen molar-refractivity contribution in [3.63, 3.8) is 0 Å². The van der Waals surface area contributed by atoms with Crippen molar-refractivity contribution in [2.75, 3.05) is 6.61 Å². The molecule has 0 amide bonds. The molecule has 0 radical (unpaired) electrons. The van der Waals surface area contributed by atoms with Gasteiger partial charge in [-0.2, -0.15) is 0 Å². The number of aliphatic hydroxyl groups excluding tert-OH is 1. The number of hydrogen-bond acceptors (Lipinski definition) is 4. The maximum atomic E-state index is 11.4. The van der Waals surface area contributed by atoms with Crippen LogP contribution in [0.15, 0.2) is 36.4 Å². The normalized spacial score (nSPS) is 16.8. The van der Waals surface area contributed by atoms with Gasteiger partial charge in [-0.1, -0.05) is 84.2 Å². The molecule has 0 bridgehead atoms. The van der Waals surface area contributed by atoms with Crippen LogP contribution in [-0.4, -0.2) is 29.9 Å². The minimum atomic E-state index is -0.289. The van der Waals surface area contributed by atoms with Crippen LogP contribution < -0.4 is 4.74 Å². The minimum Gasteiger partial charge on any atom is -0.489 e. The summed E-state index contributed by atoms with van der Waals surface area (Å²) in [5.41, 5.74) is 6.27. The van der Waals surface area contributed by atoms with Gasteiger partial charge >= 0.3 is 5.97 Å². The molecule has 0 saturated carbocycles. The summed E-state index contributed by atoms with van der Waals surface area (Å²) in [7, 11) is 0. The number of aryl methyl sites for hydroxylation is 3. The second-order valence-electron chi connectivity index (χ2n) is 12.4. The quantitative estimate of drug-likeness (QED) is 0.183. The highest BCUT2D eigenvalue weighted by molar-refractivity contribution is 5.71. The summed E-state index contributed by atoms with van der Waals surface area (Å²) in [6, 6.07) is 13.5. The molecule has 39 heavy (non-hydrogen) atoms. The molecule has 1 aliphatic rings. The Bertz CT molecular complexity index is 1080. The zero-order valence-corrected chi connectivity index (χ0v) is 25.6. The Morgan fingerprint density at radius 1 is 1.00 bits per heavy atom. The van der Waals surface area contributed by atoms with Gasteiger partial charge < -0.3 is 14.6 Å². The smallest absolute Gasteiger partial charge is 0.306 e. The van der Waals surface area contributed by atoms with Crippen molar-refractivity contribution >= 4 is 5.97 Å². The molecule has 216 valence electrons. The average Bonchev–Trinajstić information content (AvgIpc) is 3.33. The Morgan fingerprint density at radius 3 is 2.23 bits per heavy atom. The fraction of sp³-hybridized carbons (Fsp3) is 0.629. The van der Waals surface area contributed by atoms with Gasteiger partial charge in [0, 0.05) is 11.8 Å². The summed E-state index contributed by atoms with van der Waals surface area (Å²) in [6.07, 6.45) is 9.21. The van der Waals surface area contributed by atoms with Gasteiger partial charge in [0.15, 0.2) is 0 Å². The van der Waals surface area contributed by atoms with Crippen LogP contribution in [0.4, 0.5) is 0 Å². The highest BCUT2D eigenvalue weighted by atomic mass is 16.6. The van der Waals surface area contributed by atoms with Gasteiger partial charge in [-0.05, 0) is 91.7 Å². The van der Waals surface area contributed by atoms with Crippen molar-refractivity contribution in [2.24, 2.45) is 5.41 Å². The van der Waals surface area contributed by atoms with Crippen LogP contribution in [0.25, 0.3) is 0 Å². The van der Waals surface area contributed by atoms with E-state index in [4.69, 9.17) is 9.47 Å². The third-order valence-electron chi connectivity index (χ3n) is 9.24. The van der Waals surface area contributed by atoms with E-state index in [2.05, 4.69) is 84.9 Å². The number of ether oxygens (including phenoxy) is 2. The van der Waals surface area contributed by atoms with E-state index in [0.717, 1.165) is 49.8 Å². The van der Waals surface area contributed by atoms with Crippen LogP contribution in [0.1, 0.15) is 120 Å². The third-order valence-corrected chi connectivity index (χ3v) is 9.24. The summed E-state index contributed by atoms with van der Waals surface area (Å²) >= 11 is 0. The summed E-state index contributed by atoms with van der Waals surface area (Å²) in [4.78, 5) is 11.4. The van der Waals surface area contributed by atoms with Crippen molar-refractivity contribution in [3.8, 4) is 5.75 Å². The van der Waals surface area contributed by atoms with Crippen molar-refractivity contribution in [1.82, 2.24) is 0 Å². The van der Waals surface area contributed by atoms with E-state index in [0.29, 0.717) is 13.0 Å². The van der Waals surface area contributed by atoms with E-state index >= 15 is 0 Å². The fourth-order valence-electron chi connectivity index (χ4n) is 6.18. The SMILES string of the molecule is CCCCCC(C)(C)C(O)CCc1ccc(C(CC)(CC)c2ccc(OC[C@@H]3CCC(=O)O3)c(C)c2)cc1C. The lowest BCUT2D eigenvalue weighted by Gasteiger charge is -2.34. The van der Waals surface area contributed by atoms with Gasteiger partial charge in [0.05, 0.1) is 6.10 Å². The summed E-state index contributed by atoms with van der Waals surface area (Å²) < 4.78 is 11.3. The van der Waals surface area contributed by atoms with Crippen LogP contribution in [0.2, 0.25) is 0 Å². The number of hydrogen-bond donors (Lipinski definition) is 1. The molecule has 1 N–H and O–H groups in total. The average molecular weight is 537 g/mol. The predicted molar refractivity (Wildman–Crippen MR) is 161 cm³/mol. The molecule has 1 saturated heterocycles. The maximum absolute atomic E-state index is 11.4. The molecule has 2 aromatic rings. The first-order valence-corrected chi connectivity index (χ1v) is 15.3. The molecule has 2 atom stereocenters. The monoisotopic (exact) mass is 536 g/mol. The highest BCUT2D eigenvalue weighted by Gasteiger charge is 2.32. The Balaban J connectivity index is 1.73. The van der Waals surface area contributed by atoms with Crippen molar-refractivity contribution in [1.29, 1.82) is 0 Å². The third kappa shape index (κ3) is 7.66. The highest BCUT2D eigenvalue weighted by Crippen LogP contribution is 2.41. The zero-order valence-electron chi connectivity index (χ0n) is 25.6. The van der Waals surface area contributed by atoms with Crippen LogP contribution in [0.3, 0.4) is 0 Å². The Hall–Kier alpha value is -2.33. The second kappa shape index (κ2) is 13.8. The lowest BCUT2D eigenvalue weighted by molar-refractivity contribution is -0.142.